The molecule has 0 aliphatic carbocycles. The SMILES string of the molecule is COc1ccc(C(=O)CCCC(=O)NCC(N)c2ccc(C(C)C)cc2)cc1. The minimum atomic E-state index is -0.244. The summed E-state index contributed by atoms with van der Waals surface area (Å²) in [6.07, 6.45) is 1.15. The van der Waals surface area contributed by atoms with Crippen molar-refractivity contribution in [3.8, 4) is 5.75 Å². The number of nitrogens with two attached hydrogens (primary N) is 1. The lowest BCUT2D eigenvalue weighted by molar-refractivity contribution is -0.121. The van der Waals surface area contributed by atoms with Gasteiger partial charge >= 0.3 is 0 Å². The molecule has 1 amide bonds. The lowest BCUT2D eigenvalue weighted by atomic mass is 9.99. The van der Waals surface area contributed by atoms with Gasteiger partial charge in [0.15, 0.2) is 5.78 Å². The van der Waals surface area contributed by atoms with Gasteiger partial charge in [-0.05, 0) is 47.7 Å². The first-order valence-corrected chi connectivity index (χ1v) is 9.70. The number of ketones is 1. The second kappa shape index (κ2) is 10.6. The molecule has 0 radical (unpaired) electrons. The number of Topliss-reactive ketones (excluding diaryl/α,β-unsaturated/α-hetero) is 1. The third-order valence-electron chi connectivity index (χ3n) is 4.77. The zero-order chi connectivity index (χ0) is 20.5. The van der Waals surface area contributed by atoms with E-state index < -0.39 is 0 Å². The van der Waals surface area contributed by atoms with Gasteiger partial charge in [0, 0.05) is 31.0 Å². The Balaban J connectivity index is 1.70. The van der Waals surface area contributed by atoms with E-state index in [2.05, 4.69) is 31.3 Å². The number of carbonyl (C=O) groups is 2. The fraction of sp³-hybridized carbons (Fsp3) is 0.391. The highest BCUT2D eigenvalue weighted by atomic mass is 16.5. The number of nitrogens with one attached hydrogen (secondary N) is 1. The van der Waals surface area contributed by atoms with Crippen molar-refractivity contribution in [3.63, 3.8) is 0 Å². The van der Waals surface area contributed by atoms with E-state index >= 15 is 0 Å². The maximum Gasteiger partial charge on any atom is 0.220 e. The van der Waals surface area contributed by atoms with Crippen LogP contribution in [-0.2, 0) is 4.79 Å². The fourth-order valence-corrected chi connectivity index (χ4v) is 2.89. The Morgan fingerprint density at radius 1 is 0.964 bits per heavy atom. The Kier molecular flexibility index (Phi) is 8.20. The molecule has 0 spiro atoms. The Morgan fingerprint density at radius 2 is 1.57 bits per heavy atom. The molecule has 150 valence electrons. The molecule has 0 bridgehead atoms. The number of hydrogen-bond donors (Lipinski definition) is 2. The van der Waals surface area contributed by atoms with E-state index in [1.807, 2.05) is 12.1 Å². The molecule has 5 heteroatoms. The predicted octanol–water partition coefficient (Wildman–Crippen LogP) is 3.99. The number of methoxy groups -OCH3 is 1. The molecular weight excluding hydrogens is 352 g/mol. The average molecular weight is 383 g/mol. The molecule has 0 aliphatic rings. The van der Waals surface area contributed by atoms with E-state index in [-0.39, 0.29) is 17.7 Å². The number of hydrogen-bond acceptors (Lipinski definition) is 4. The van der Waals surface area contributed by atoms with Crippen LogP contribution in [0.2, 0.25) is 0 Å². The molecule has 0 saturated heterocycles. The summed E-state index contributed by atoms with van der Waals surface area (Å²) in [7, 11) is 1.59. The van der Waals surface area contributed by atoms with Crippen LogP contribution in [0.25, 0.3) is 0 Å². The summed E-state index contributed by atoms with van der Waals surface area (Å²) in [5.41, 5.74) is 9.06. The summed E-state index contributed by atoms with van der Waals surface area (Å²) in [5, 5.41) is 2.86. The molecule has 5 nitrogen and oxygen atoms in total. The Morgan fingerprint density at radius 3 is 2.14 bits per heavy atom. The summed E-state index contributed by atoms with van der Waals surface area (Å²) < 4.78 is 5.08. The molecular formula is C23H30N2O3. The van der Waals surface area contributed by atoms with Crippen molar-refractivity contribution in [2.24, 2.45) is 5.73 Å². The zero-order valence-electron chi connectivity index (χ0n) is 16.9. The van der Waals surface area contributed by atoms with Crippen molar-refractivity contribution in [3.05, 3.63) is 65.2 Å². The number of amides is 1. The molecule has 0 heterocycles. The minimum absolute atomic E-state index is 0.0254. The summed E-state index contributed by atoms with van der Waals surface area (Å²) in [5.74, 6) is 1.13. The van der Waals surface area contributed by atoms with Gasteiger partial charge in [0.05, 0.1) is 7.11 Å². The fourth-order valence-electron chi connectivity index (χ4n) is 2.89. The van der Waals surface area contributed by atoms with E-state index in [9.17, 15) is 9.59 Å². The summed E-state index contributed by atoms with van der Waals surface area (Å²) in [6, 6.07) is 14.9. The Hall–Kier alpha value is -2.66. The van der Waals surface area contributed by atoms with Crippen LogP contribution in [0, 0.1) is 0 Å². The number of ether oxygens (including phenoxy) is 1. The third kappa shape index (κ3) is 6.50. The molecule has 28 heavy (non-hydrogen) atoms. The molecule has 0 saturated carbocycles. The molecule has 1 unspecified atom stereocenters. The summed E-state index contributed by atoms with van der Waals surface area (Å²) in [6.45, 7) is 4.68. The van der Waals surface area contributed by atoms with Crippen LogP contribution in [0.15, 0.2) is 48.5 Å². The van der Waals surface area contributed by atoms with Gasteiger partial charge in [-0.3, -0.25) is 9.59 Å². The van der Waals surface area contributed by atoms with Gasteiger partial charge in [0.1, 0.15) is 5.75 Å². The van der Waals surface area contributed by atoms with Gasteiger partial charge in [-0.25, -0.2) is 0 Å². The molecule has 1 atom stereocenters. The third-order valence-corrected chi connectivity index (χ3v) is 4.77. The Bertz CT molecular complexity index is 767. The molecule has 0 fully saturated rings. The van der Waals surface area contributed by atoms with Crippen molar-refractivity contribution in [2.45, 2.75) is 45.1 Å². The molecule has 0 aromatic heterocycles. The molecule has 2 aromatic rings. The van der Waals surface area contributed by atoms with Crippen molar-refractivity contribution < 1.29 is 14.3 Å². The summed E-state index contributed by atoms with van der Waals surface area (Å²) >= 11 is 0. The van der Waals surface area contributed by atoms with Crippen LogP contribution in [-0.4, -0.2) is 25.3 Å². The molecule has 2 rings (SSSR count). The lowest BCUT2D eigenvalue weighted by Gasteiger charge is -2.14. The van der Waals surface area contributed by atoms with Crippen LogP contribution >= 0.6 is 0 Å². The van der Waals surface area contributed by atoms with Crippen molar-refractivity contribution in [1.82, 2.24) is 5.32 Å². The zero-order valence-corrected chi connectivity index (χ0v) is 16.9. The van der Waals surface area contributed by atoms with Gasteiger partial charge in [-0.15, -0.1) is 0 Å². The van der Waals surface area contributed by atoms with Gasteiger partial charge < -0.3 is 15.8 Å². The lowest BCUT2D eigenvalue weighted by Crippen LogP contribution is -2.31. The van der Waals surface area contributed by atoms with Crippen molar-refractivity contribution >= 4 is 11.7 Å². The highest BCUT2D eigenvalue weighted by molar-refractivity contribution is 5.96. The van der Waals surface area contributed by atoms with E-state index in [0.29, 0.717) is 43.0 Å². The van der Waals surface area contributed by atoms with Crippen LogP contribution in [0.5, 0.6) is 5.75 Å². The van der Waals surface area contributed by atoms with Crippen LogP contribution in [0.1, 0.15) is 66.6 Å². The van der Waals surface area contributed by atoms with Gasteiger partial charge in [-0.1, -0.05) is 38.1 Å². The minimum Gasteiger partial charge on any atom is -0.497 e. The Labute approximate surface area is 167 Å². The number of benzene rings is 2. The second-order valence-electron chi connectivity index (χ2n) is 7.24. The highest BCUT2D eigenvalue weighted by Gasteiger charge is 2.11. The first kappa shape index (κ1) is 21.6. The van der Waals surface area contributed by atoms with Gasteiger partial charge in [0.2, 0.25) is 5.91 Å². The van der Waals surface area contributed by atoms with E-state index in [4.69, 9.17) is 10.5 Å². The smallest absolute Gasteiger partial charge is 0.220 e. The average Bonchev–Trinajstić information content (AvgIpc) is 2.72. The van der Waals surface area contributed by atoms with Gasteiger partial charge in [0.25, 0.3) is 0 Å². The first-order valence-electron chi connectivity index (χ1n) is 9.70. The number of rotatable bonds is 10. The van der Waals surface area contributed by atoms with Crippen LogP contribution in [0.4, 0.5) is 0 Å². The quantitative estimate of drug-likeness (QED) is 0.609. The second-order valence-corrected chi connectivity index (χ2v) is 7.24. The first-order chi connectivity index (χ1) is 13.4. The topological polar surface area (TPSA) is 81.4 Å². The monoisotopic (exact) mass is 382 g/mol. The molecule has 0 aliphatic heterocycles. The number of carbonyl (C=O) groups excluding carboxylic acids is 2. The largest absolute Gasteiger partial charge is 0.497 e. The van der Waals surface area contributed by atoms with E-state index in [0.717, 1.165) is 5.56 Å². The van der Waals surface area contributed by atoms with Crippen molar-refractivity contribution in [2.75, 3.05) is 13.7 Å². The van der Waals surface area contributed by atoms with Gasteiger partial charge in [-0.2, -0.15) is 0 Å². The summed E-state index contributed by atoms with van der Waals surface area (Å²) in [4.78, 5) is 24.2. The molecule has 3 N–H and O–H groups in total. The molecule has 2 aromatic carbocycles. The van der Waals surface area contributed by atoms with E-state index in [1.54, 1.807) is 31.4 Å². The van der Waals surface area contributed by atoms with Crippen molar-refractivity contribution in [1.29, 1.82) is 0 Å². The van der Waals surface area contributed by atoms with E-state index in [1.165, 1.54) is 5.56 Å². The highest BCUT2D eigenvalue weighted by Crippen LogP contribution is 2.17. The standard InChI is InChI=1S/C23H30N2O3/c1-16(2)17-7-9-18(10-8-17)21(24)15-25-23(27)6-4-5-22(26)19-11-13-20(28-3)14-12-19/h7-14,16,21H,4-6,15,24H2,1-3H3,(H,25,27). The predicted molar refractivity (Wildman–Crippen MR) is 112 cm³/mol. The normalized spacial score (nSPS) is 11.9. The van der Waals surface area contributed by atoms with Crippen LogP contribution < -0.4 is 15.8 Å². The van der Waals surface area contributed by atoms with Crippen LogP contribution in [0.3, 0.4) is 0 Å². The maximum absolute atomic E-state index is 12.2. The maximum atomic E-state index is 12.2.